The Kier molecular flexibility index (Phi) is 4.71. The summed E-state index contributed by atoms with van der Waals surface area (Å²) in [6.45, 7) is 0.307. The number of oxime groups is 1. The molecule has 0 aliphatic carbocycles. The average Bonchev–Trinajstić information content (AvgIpc) is 3.02. The summed E-state index contributed by atoms with van der Waals surface area (Å²) in [5, 5.41) is 16.0. The smallest absolute Gasteiger partial charge is 0.404 e. The summed E-state index contributed by atoms with van der Waals surface area (Å²) in [4.78, 5) is 23.1. The van der Waals surface area contributed by atoms with Gasteiger partial charge in [-0.25, -0.2) is 4.79 Å². The van der Waals surface area contributed by atoms with E-state index >= 15 is 0 Å². The topological polar surface area (TPSA) is 99.6 Å². The van der Waals surface area contributed by atoms with Crippen LogP contribution in [-0.2, 0) is 4.84 Å². The van der Waals surface area contributed by atoms with E-state index in [4.69, 9.17) is 9.94 Å². The maximum Gasteiger partial charge on any atom is 0.404 e. The predicted molar refractivity (Wildman–Crippen MR) is 90.2 cm³/mol. The van der Waals surface area contributed by atoms with Crippen molar-refractivity contribution in [2.45, 2.75) is 0 Å². The van der Waals surface area contributed by atoms with Gasteiger partial charge in [0.2, 0.25) is 0 Å². The normalized spacial score (nSPS) is 11.4. The first-order chi connectivity index (χ1) is 11.7. The first-order valence-electron chi connectivity index (χ1n) is 7.39. The standard InChI is InChI=1S/C17H16N4O3/c22-17(23)19-8-9-24-21-16(12-4-2-1-3-5-12)14-10-13-6-7-18-11-15(13)20-14/h1-7,10-11,19-20H,8-9H2,(H,22,23). The number of benzene rings is 1. The highest BCUT2D eigenvalue weighted by Crippen LogP contribution is 2.17. The fourth-order valence-electron chi connectivity index (χ4n) is 2.27. The molecule has 3 aromatic rings. The number of rotatable bonds is 6. The minimum absolute atomic E-state index is 0.143. The zero-order chi connectivity index (χ0) is 16.8. The Labute approximate surface area is 138 Å². The molecule has 3 N–H and O–H groups in total. The van der Waals surface area contributed by atoms with E-state index in [1.807, 2.05) is 42.5 Å². The zero-order valence-electron chi connectivity index (χ0n) is 12.8. The van der Waals surface area contributed by atoms with Gasteiger partial charge in [0.25, 0.3) is 0 Å². The molecular formula is C17H16N4O3. The molecule has 1 amide bonds. The van der Waals surface area contributed by atoms with Crippen LogP contribution < -0.4 is 5.32 Å². The number of fused-ring (bicyclic) bond motifs is 1. The van der Waals surface area contributed by atoms with Crippen LogP contribution >= 0.6 is 0 Å². The SMILES string of the molecule is O=C(O)NCCON=C(c1ccccc1)c1cc2ccncc2[nH]1. The maximum absolute atomic E-state index is 10.4. The highest BCUT2D eigenvalue weighted by atomic mass is 16.6. The predicted octanol–water partition coefficient (Wildman–Crippen LogP) is 2.60. The summed E-state index contributed by atoms with van der Waals surface area (Å²) in [5.74, 6) is 0. The molecule has 2 aromatic heterocycles. The quantitative estimate of drug-likeness (QED) is 0.368. The fraction of sp³-hybridized carbons (Fsp3) is 0.118. The first kappa shape index (κ1) is 15.5. The molecule has 7 nitrogen and oxygen atoms in total. The van der Waals surface area contributed by atoms with Crippen LogP contribution in [0.4, 0.5) is 4.79 Å². The molecule has 7 heteroatoms. The molecule has 1 aromatic carbocycles. The number of hydrogen-bond acceptors (Lipinski definition) is 4. The Morgan fingerprint density at radius 1 is 1.29 bits per heavy atom. The van der Waals surface area contributed by atoms with Gasteiger partial charge in [-0.2, -0.15) is 0 Å². The minimum Gasteiger partial charge on any atom is -0.465 e. The van der Waals surface area contributed by atoms with Gasteiger partial charge in [0.15, 0.2) is 0 Å². The summed E-state index contributed by atoms with van der Waals surface area (Å²) >= 11 is 0. The molecule has 0 atom stereocenters. The molecule has 3 rings (SSSR count). The highest BCUT2D eigenvalue weighted by Gasteiger charge is 2.11. The molecule has 0 saturated heterocycles. The number of pyridine rings is 1. The van der Waals surface area contributed by atoms with Gasteiger partial charge < -0.3 is 20.2 Å². The van der Waals surface area contributed by atoms with Gasteiger partial charge in [-0.3, -0.25) is 4.98 Å². The third-order valence-corrected chi connectivity index (χ3v) is 3.35. The lowest BCUT2D eigenvalue weighted by Crippen LogP contribution is -2.24. The van der Waals surface area contributed by atoms with Crippen molar-refractivity contribution < 1.29 is 14.7 Å². The molecule has 0 spiro atoms. The molecular weight excluding hydrogens is 308 g/mol. The number of carboxylic acid groups (broad SMARTS) is 1. The van der Waals surface area contributed by atoms with Crippen LogP contribution in [0.25, 0.3) is 10.9 Å². The second-order valence-electron chi connectivity index (χ2n) is 5.02. The van der Waals surface area contributed by atoms with E-state index in [0.29, 0.717) is 5.71 Å². The van der Waals surface area contributed by atoms with Crippen LogP contribution in [0.2, 0.25) is 0 Å². The van der Waals surface area contributed by atoms with Crippen molar-refractivity contribution in [3.8, 4) is 0 Å². The summed E-state index contributed by atoms with van der Waals surface area (Å²) in [6, 6.07) is 13.5. The lowest BCUT2D eigenvalue weighted by atomic mass is 10.1. The fourth-order valence-corrected chi connectivity index (χ4v) is 2.27. The number of hydrogen-bond donors (Lipinski definition) is 3. The first-order valence-corrected chi connectivity index (χ1v) is 7.39. The Hall–Kier alpha value is -3.35. The van der Waals surface area contributed by atoms with Crippen molar-refractivity contribution >= 4 is 22.7 Å². The third kappa shape index (κ3) is 3.70. The Balaban J connectivity index is 1.86. The van der Waals surface area contributed by atoms with Crippen molar-refractivity contribution in [2.24, 2.45) is 5.16 Å². The van der Waals surface area contributed by atoms with Crippen LogP contribution in [0.5, 0.6) is 0 Å². The monoisotopic (exact) mass is 324 g/mol. The van der Waals surface area contributed by atoms with E-state index < -0.39 is 6.09 Å². The highest BCUT2D eigenvalue weighted by molar-refractivity contribution is 6.13. The van der Waals surface area contributed by atoms with Gasteiger partial charge >= 0.3 is 6.09 Å². The van der Waals surface area contributed by atoms with Gasteiger partial charge in [-0.15, -0.1) is 0 Å². The van der Waals surface area contributed by atoms with E-state index in [1.165, 1.54) is 0 Å². The van der Waals surface area contributed by atoms with Crippen LogP contribution in [-0.4, -0.2) is 40.0 Å². The zero-order valence-corrected chi connectivity index (χ0v) is 12.8. The minimum atomic E-state index is -1.09. The maximum atomic E-state index is 10.4. The summed E-state index contributed by atoms with van der Waals surface area (Å²) in [7, 11) is 0. The van der Waals surface area contributed by atoms with Crippen LogP contribution in [0.15, 0.2) is 60.0 Å². The van der Waals surface area contributed by atoms with Crippen LogP contribution in [0.1, 0.15) is 11.3 Å². The van der Waals surface area contributed by atoms with Gasteiger partial charge in [0.05, 0.1) is 24.0 Å². The summed E-state index contributed by atoms with van der Waals surface area (Å²) < 4.78 is 0. The molecule has 0 aliphatic rings. The van der Waals surface area contributed by atoms with E-state index in [-0.39, 0.29) is 13.2 Å². The average molecular weight is 324 g/mol. The number of amides is 1. The van der Waals surface area contributed by atoms with Gasteiger partial charge in [0.1, 0.15) is 12.3 Å². The number of carbonyl (C=O) groups is 1. The lowest BCUT2D eigenvalue weighted by Gasteiger charge is -2.06. The van der Waals surface area contributed by atoms with Crippen LogP contribution in [0, 0.1) is 0 Å². The van der Waals surface area contributed by atoms with Crippen molar-refractivity contribution in [3.63, 3.8) is 0 Å². The molecule has 0 bridgehead atoms. The molecule has 0 radical (unpaired) electrons. The number of H-pyrrole nitrogens is 1. The molecule has 2 heterocycles. The van der Waals surface area contributed by atoms with Gasteiger partial charge in [-0.1, -0.05) is 35.5 Å². The molecule has 122 valence electrons. The Morgan fingerprint density at radius 2 is 2.12 bits per heavy atom. The van der Waals surface area contributed by atoms with E-state index in [2.05, 4.69) is 20.4 Å². The number of nitrogens with one attached hydrogen (secondary N) is 2. The van der Waals surface area contributed by atoms with Crippen molar-refractivity contribution in [2.75, 3.05) is 13.2 Å². The molecule has 0 saturated carbocycles. The van der Waals surface area contributed by atoms with Crippen molar-refractivity contribution in [1.29, 1.82) is 0 Å². The Bertz CT molecular complexity index is 825. The lowest BCUT2D eigenvalue weighted by molar-refractivity contribution is 0.141. The third-order valence-electron chi connectivity index (χ3n) is 3.35. The van der Waals surface area contributed by atoms with E-state index in [9.17, 15) is 4.79 Å². The molecule has 0 unspecified atom stereocenters. The largest absolute Gasteiger partial charge is 0.465 e. The second kappa shape index (κ2) is 7.28. The van der Waals surface area contributed by atoms with Crippen LogP contribution in [0.3, 0.4) is 0 Å². The van der Waals surface area contributed by atoms with Gasteiger partial charge in [-0.05, 0) is 12.1 Å². The Morgan fingerprint density at radius 3 is 2.88 bits per heavy atom. The van der Waals surface area contributed by atoms with E-state index in [0.717, 1.165) is 22.2 Å². The summed E-state index contributed by atoms with van der Waals surface area (Å²) in [5.41, 5.74) is 3.24. The van der Waals surface area contributed by atoms with Gasteiger partial charge in [0, 0.05) is 17.1 Å². The number of nitrogens with zero attached hydrogens (tertiary/aromatic N) is 2. The molecule has 0 fully saturated rings. The van der Waals surface area contributed by atoms with Crippen molar-refractivity contribution in [1.82, 2.24) is 15.3 Å². The number of aromatic nitrogens is 2. The summed E-state index contributed by atoms with van der Waals surface area (Å²) in [6.07, 6.45) is 2.39. The number of aromatic amines is 1. The molecule has 24 heavy (non-hydrogen) atoms. The second-order valence-corrected chi connectivity index (χ2v) is 5.02. The molecule has 0 aliphatic heterocycles. The van der Waals surface area contributed by atoms with Crippen molar-refractivity contribution in [3.05, 3.63) is 66.1 Å². The van der Waals surface area contributed by atoms with E-state index in [1.54, 1.807) is 12.4 Å².